The van der Waals surface area contributed by atoms with Gasteiger partial charge in [0.15, 0.2) is 16.7 Å². The molecule has 8 heteroatoms. The van der Waals surface area contributed by atoms with Crippen LogP contribution in [0.2, 0.25) is 5.02 Å². The van der Waals surface area contributed by atoms with Crippen LogP contribution in [0, 0.1) is 11.3 Å². The fourth-order valence-electron chi connectivity index (χ4n) is 2.36. The molecule has 1 fully saturated rings. The van der Waals surface area contributed by atoms with Crippen molar-refractivity contribution in [3.63, 3.8) is 0 Å². The van der Waals surface area contributed by atoms with Crippen molar-refractivity contribution >= 4 is 23.4 Å². The van der Waals surface area contributed by atoms with Crippen molar-refractivity contribution in [2.24, 2.45) is 0 Å². The highest BCUT2D eigenvalue weighted by Gasteiger charge is 2.30. The quantitative estimate of drug-likeness (QED) is 0.709. The molecular formula is C16H11ClN6S. The number of nitriles is 1. The third-order valence-corrected chi connectivity index (χ3v) is 4.84. The lowest BCUT2D eigenvalue weighted by molar-refractivity contribution is 0.668. The highest BCUT2D eigenvalue weighted by atomic mass is 35.5. The van der Waals surface area contributed by atoms with E-state index in [0.717, 1.165) is 29.4 Å². The molecule has 0 atom stereocenters. The van der Waals surface area contributed by atoms with E-state index < -0.39 is 0 Å². The van der Waals surface area contributed by atoms with Crippen LogP contribution >= 0.6 is 23.4 Å². The average Bonchev–Trinajstić information content (AvgIpc) is 3.37. The SMILES string of the molecule is N#Cc1nc(Sc2nnc(-c3ccncc3)n2C2CC2)ccc1Cl. The second-order valence-corrected chi connectivity index (χ2v) is 6.73. The summed E-state index contributed by atoms with van der Waals surface area (Å²) in [5.41, 5.74) is 1.20. The largest absolute Gasteiger partial charge is 0.299 e. The molecule has 0 aliphatic heterocycles. The Kier molecular flexibility index (Phi) is 3.92. The Bertz CT molecular complexity index is 929. The average molecular weight is 355 g/mol. The smallest absolute Gasteiger partial charge is 0.198 e. The monoisotopic (exact) mass is 354 g/mol. The molecule has 1 aliphatic carbocycles. The van der Waals surface area contributed by atoms with Crippen molar-refractivity contribution in [1.82, 2.24) is 24.7 Å². The summed E-state index contributed by atoms with van der Waals surface area (Å²) in [6.07, 6.45) is 5.71. The van der Waals surface area contributed by atoms with Crippen molar-refractivity contribution < 1.29 is 0 Å². The second-order valence-electron chi connectivity index (χ2n) is 5.34. The minimum Gasteiger partial charge on any atom is -0.299 e. The Morgan fingerprint density at radius 1 is 1.17 bits per heavy atom. The summed E-state index contributed by atoms with van der Waals surface area (Å²) in [4.78, 5) is 8.31. The first kappa shape index (κ1) is 15.1. The molecule has 0 N–H and O–H groups in total. The zero-order chi connectivity index (χ0) is 16.5. The van der Waals surface area contributed by atoms with E-state index >= 15 is 0 Å². The van der Waals surface area contributed by atoms with Gasteiger partial charge in [-0.05, 0) is 48.9 Å². The predicted octanol–water partition coefficient (Wildman–Crippen LogP) is 3.75. The molecule has 6 nitrogen and oxygen atoms in total. The van der Waals surface area contributed by atoms with Crippen LogP contribution in [-0.4, -0.2) is 24.7 Å². The van der Waals surface area contributed by atoms with E-state index in [4.69, 9.17) is 16.9 Å². The third kappa shape index (κ3) is 2.86. The van der Waals surface area contributed by atoms with Crippen molar-refractivity contribution in [3.8, 4) is 17.5 Å². The van der Waals surface area contributed by atoms with E-state index in [0.29, 0.717) is 16.1 Å². The summed E-state index contributed by atoms with van der Waals surface area (Å²) in [7, 11) is 0. The molecule has 0 radical (unpaired) electrons. The topological polar surface area (TPSA) is 80.3 Å². The predicted molar refractivity (Wildman–Crippen MR) is 89.6 cm³/mol. The molecule has 0 amide bonds. The van der Waals surface area contributed by atoms with Gasteiger partial charge in [0.05, 0.1) is 5.02 Å². The first-order valence-electron chi connectivity index (χ1n) is 7.36. The van der Waals surface area contributed by atoms with Gasteiger partial charge in [0.1, 0.15) is 11.1 Å². The van der Waals surface area contributed by atoms with E-state index in [9.17, 15) is 0 Å². The number of hydrogen-bond acceptors (Lipinski definition) is 6. The lowest BCUT2D eigenvalue weighted by Gasteiger charge is -2.08. The number of pyridine rings is 2. The molecule has 0 bridgehead atoms. The summed E-state index contributed by atoms with van der Waals surface area (Å²) in [5, 5.41) is 19.5. The molecule has 24 heavy (non-hydrogen) atoms. The standard InChI is InChI=1S/C16H11ClN6S/c17-12-3-4-14(20-13(12)9-18)24-16-22-21-15(23(16)11-1-2-11)10-5-7-19-8-6-10/h3-8,11H,1-2H2. The molecule has 0 spiro atoms. The van der Waals surface area contributed by atoms with Crippen molar-refractivity contribution in [2.45, 2.75) is 29.1 Å². The Hall–Kier alpha value is -2.43. The molecule has 0 aromatic carbocycles. The molecule has 0 saturated heterocycles. The molecule has 3 heterocycles. The van der Waals surface area contributed by atoms with Gasteiger partial charge in [-0.2, -0.15) is 5.26 Å². The van der Waals surface area contributed by atoms with Crippen LogP contribution in [0.1, 0.15) is 24.6 Å². The van der Waals surface area contributed by atoms with Crippen LogP contribution in [-0.2, 0) is 0 Å². The van der Waals surface area contributed by atoms with Gasteiger partial charge in [-0.25, -0.2) is 4.98 Å². The highest BCUT2D eigenvalue weighted by Crippen LogP contribution is 2.42. The maximum atomic E-state index is 9.07. The fraction of sp³-hybridized carbons (Fsp3) is 0.188. The summed E-state index contributed by atoms with van der Waals surface area (Å²) < 4.78 is 2.14. The Balaban J connectivity index is 1.72. The maximum absolute atomic E-state index is 9.07. The van der Waals surface area contributed by atoms with Crippen LogP contribution in [0.3, 0.4) is 0 Å². The molecule has 3 aromatic rings. The molecule has 1 saturated carbocycles. The van der Waals surface area contributed by atoms with Crippen molar-refractivity contribution in [1.29, 1.82) is 5.26 Å². The number of rotatable bonds is 4. The summed E-state index contributed by atoms with van der Waals surface area (Å²) in [6, 6.07) is 9.71. The van der Waals surface area contributed by atoms with Gasteiger partial charge < -0.3 is 0 Å². The second kappa shape index (κ2) is 6.23. The molecule has 0 unspecified atom stereocenters. The van der Waals surface area contributed by atoms with Crippen LogP contribution in [0.5, 0.6) is 0 Å². The summed E-state index contributed by atoms with van der Waals surface area (Å²) in [5.74, 6) is 0.830. The first-order chi connectivity index (χ1) is 11.8. The van der Waals surface area contributed by atoms with Gasteiger partial charge in [0.25, 0.3) is 0 Å². The van der Waals surface area contributed by atoms with E-state index in [1.165, 1.54) is 11.8 Å². The van der Waals surface area contributed by atoms with Gasteiger partial charge in [-0.3, -0.25) is 9.55 Å². The van der Waals surface area contributed by atoms with Crippen LogP contribution in [0.25, 0.3) is 11.4 Å². The number of halogens is 1. The van der Waals surface area contributed by atoms with Gasteiger partial charge in [0, 0.05) is 24.0 Å². The Morgan fingerprint density at radius 2 is 1.96 bits per heavy atom. The molecule has 3 aromatic heterocycles. The fourth-order valence-corrected chi connectivity index (χ4v) is 3.38. The Morgan fingerprint density at radius 3 is 2.67 bits per heavy atom. The molecular weight excluding hydrogens is 344 g/mol. The summed E-state index contributed by atoms with van der Waals surface area (Å²) in [6.45, 7) is 0. The molecule has 4 rings (SSSR count). The van der Waals surface area contributed by atoms with Gasteiger partial charge in [0.2, 0.25) is 0 Å². The minimum atomic E-state index is 0.216. The zero-order valence-corrected chi connectivity index (χ0v) is 14.0. The normalized spacial score (nSPS) is 13.7. The van der Waals surface area contributed by atoms with Crippen LogP contribution < -0.4 is 0 Å². The van der Waals surface area contributed by atoms with E-state index in [1.54, 1.807) is 24.5 Å². The third-order valence-electron chi connectivity index (χ3n) is 3.64. The lowest BCUT2D eigenvalue weighted by Crippen LogP contribution is -2.00. The number of aromatic nitrogens is 5. The molecule has 118 valence electrons. The minimum absolute atomic E-state index is 0.216. The van der Waals surface area contributed by atoms with E-state index in [1.807, 2.05) is 18.2 Å². The van der Waals surface area contributed by atoms with Crippen LogP contribution in [0.4, 0.5) is 0 Å². The van der Waals surface area contributed by atoms with Crippen molar-refractivity contribution in [2.75, 3.05) is 0 Å². The number of nitrogens with zero attached hydrogens (tertiary/aromatic N) is 6. The summed E-state index contributed by atoms with van der Waals surface area (Å²) >= 11 is 7.33. The van der Waals surface area contributed by atoms with Crippen LogP contribution in [0.15, 0.2) is 46.8 Å². The highest BCUT2D eigenvalue weighted by molar-refractivity contribution is 7.99. The van der Waals surface area contributed by atoms with Gasteiger partial charge in [-0.1, -0.05) is 11.6 Å². The zero-order valence-electron chi connectivity index (χ0n) is 12.4. The maximum Gasteiger partial charge on any atom is 0.198 e. The van der Waals surface area contributed by atoms with E-state index in [-0.39, 0.29) is 5.69 Å². The number of hydrogen-bond donors (Lipinski definition) is 0. The van der Waals surface area contributed by atoms with E-state index in [2.05, 4.69) is 24.7 Å². The van der Waals surface area contributed by atoms with Gasteiger partial charge >= 0.3 is 0 Å². The lowest BCUT2D eigenvalue weighted by atomic mass is 10.2. The van der Waals surface area contributed by atoms with Gasteiger partial charge in [-0.15, -0.1) is 10.2 Å². The molecule has 1 aliphatic rings. The Labute approximate surface area is 147 Å². The first-order valence-corrected chi connectivity index (χ1v) is 8.55. The van der Waals surface area contributed by atoms with Crippen molar-refractivity contribution in [3.05, 3.63) is 47.4 Å².